The highest BCUT2D eigenvalue weighted by Gasteiger charge is 2.14. The lowest BCUT2D eigenvalue weighted by Gasteiger charge is -2.21. The summed E-state index contributed by atoms with van der Waals surface area (Å²) in [5, 5.41) is 8.31. The van der Waals surface area contributed by atoms with E-state index in [2.05, 4.69) is 10.3 Å². The Bertz CT molecular complexity index is 1110. The molecule has 1 heterocycles. The zero-order chi connectivity index (χ0) is 20.6. The smallest absolute Gasteiger partial charge is 0.251 e. The molecular weight excluding hydrogens is 372 g/mol. The number of rotatable bonds is 7. The van der Waals surface area contributed by atoms with Crippen molar-refractivity contribution in [3.05, 3.63) is 120 Å². The molecule has 148 valence electrons. The van der Waals surface area contributed by atoms with E-state index in [0.29, 0.717) is 18.8 Å². The number of amides is 1. The zero-order valence-electron chi connectivity index (χ0n) is 16.5. The van der Waals surface area contributed by atoms with Crippen LogP contribution in [-0.4, -0.2) is 20.9 Å². The number of aromatic nitrogens is 3. The molecule has 0 atom stereocenters. The van der Waals surface area contributed by atoms with E-state index in [1.807, 2.05) is 97.2 Å². The molecule has 0 spiro atoms. The Morgan fingerprint density at radius 3 is 2.10 bits per heavy atom. The summed E-state index contributed by atoms with van der Waals surface area (Å²) in [6, 6.07) is 29.7. The van der Waals surface area contributed by atoms with Crippen LogP contribution in [0, 0.1) is 0 Å². The first-order chi connectivity index (χ1) is 14.8. The molecule has 3 aromatic carbocycles. The van der Waals surface area contributed by atoms with E-state index in [1.165, 1.54) is 0 Å². The van der Waals surface area contributed by atoms with Gasteiger partial charge in [-0.1, -0.05) is 84.1 Å². The van der Waals surface area contributed by atoms with Crippen molar-refractivity contribution in [1.29, 1.82) is 0 Å². The summed E-state index contributed by atoms with van der Waals surface area (Å²) in [5.74, 6) is -0.109. The lowest BCUT2D eigenvalue weighted by atomic mass is 10.2. The van der Waals surface area contributed by atoms with E-state index in [0.717, 1.165) is 16.8 Å². The zero-order valence-corrected chi connectivity index (χ0v) is 16.5. The SMILES string of the molecule is O=C(/C=C/c1cn(Cc2ccccc2)nn1)N(Cc1ccccc1)c1ccccc1. The molecule has 0 fully saturated rings. The fraction of sp³-hybridized carbons (Fsp3) is 0.0800. The van der Waals surface area contributed by atoms with E-state index in [9.17, 15) is 4.79 Å². The monoisotopic (exact) mass is 394 g/mol. The summed E-state index contributed by atoms with van der Waals surface area (Å²) in [6.45, 7) is 1.13. The normalized spacial score (nSPS) is 10.9. The van der Waals surface area contributed by atoms with Gasteiger partial charge >= 0.3 is 0 Å². The molecule has 0 radical (unpaired) electrons. The van der Waals surface area contributed by atoms with Crippen LogP contribution in [0.5, 0.6) is 0 Å². The average Bonchev–Trinajstić information content (AvgIpc) is 3.25. The van der Waals surface area contributed by atoms with Gasteiger partial charge in [0.2, 0.25) is 0 Å². The van der Waals surface area contributed by atoms with Gasteiger partial charge in [-0.05, 0) is 29.3 Å². The Morgan fingerprint density at radius 2 is 1.43 bits per heavy atom. The molecule has 0 aliphatic heterocycles. The molecule has 1 aromatic heterocycles. The lowest BCUT2D eigenvalue weighted by Crippen LogP contribution is -2.28. The number of anilines is 1. The van der Waals surface area contributed by atoms with Crippen molar-refractivity contribution in [2.24, 2.45) is 0 Å². The molecule has 0 bridgehead atoms. The standard InChI is InChI=1S/C25H22N4O/c30-25(17-16-23-20-28(27-26-23)18-21-10-4-1-5-11-21)29(24-14-8-3-9-15-24)19-22-12-6-2-7-13-22/h1-17,20H,18-19H2/b17-16+. The van der Waals surface area contributed by atoms with Crippen LogP contribution < -0.4 is 4.90 Å². The van der Waals surface area contributed by atoms with Gasteiger partial charge in [0.15, 0.2) is 0 Å². The van der Waals surface area contributed by atoms with Gasteiger partial charge in [0.05, 0.1) is 19.3 Å². The highest BCUT2D eigenvalue weighted by Crippen LogP contribution is 2.18. The third-order valence-corrected chi connectivity index (χ3v) is 4.66. The molecule has 4 rings (SSSR count). The van der Waals surface area contributed by atoms with Crippen molar-refractivity contribution in [2.75, 3.05) is 4.90 Å². The minimum absolute atomic E-state index is 0.109. The van der Waals surface area contributed by atoms with Crippen LogP contribution in [0.25, 0.3) is 6.08 Å². The van der Waals surface area contributed by atoms with Gasteiger partial charge in [-0.3, -0.25) is 4.79 Å². The Labute approximate surface area is 175 Å². The molecule has 0 aliphatic rings. The summed E-state index contributed by atoms with van der Waals surface area (Å²) in [4.78, 5) is 14.8. The number of nitrogens with zero attached hydrogens (tertiary/aromatic N) is 4. The Balaban J connectivity index is 1.49. The predicted molar refractivity (Wildman–Crippen MR) is 119 cm³/mol. The van der Waals surface area contributed by atoms with Gasteiger partial charge in [0.25, 0.3) is 5.91 Å². The van der Waals surface area contributed by atoms with Gasteiger partial charge in [0, 0.05) is 11.8 Å². The van der Waals surface area contributed by atoms with Gasteiger partial charge in [0.1, 0.15) is 5.69 Å². The number of hydrogen-bond acceptors (Lipinski definition) is 3. The van der Waals surface area contributed by atoms with Crippen LogP contribution in [0.4, 0.5) is 5.69 Å². The second kappa shape index (κ2) is 9.47. The van der Waals surface area contributed by atoms with Crippen LogP contribution in [0.1, 0.15) is 16.8 Å². The molecule has 1 amide bonds. The molecule has 0 saturated heterocycles. The van der Waals surface area contributed by atoms with Crippen LogP contribution in [0.15, 0.2) is 103 Å². The molecular formula is C25H22N4O. The lowest BCUT2D eigenvalue weighted by molar-refractivity contribution is -0.114. The Kier molecular flexibility index (Phi) is 6.11. The van der Waals surface area contributed by atoms with Crippen molar-refractivity contribution >= 4 is 17.7 Å². The van der Waals surface area contributed by atoms with Crippen LogP contribution in [0.2, 0.25) is 0 Å². The van der Waals surface area contributed by atoms with Crippen molar-refractivity contribution in [3.8, 4) is 0 Å². The van der Waals surface area contributed by atoms with Crippen molar-refractivity contribution in [2.45, 2.75) is 13.1 Å². The predicted octanol–water partition coefficient (Wildman–Crippen LogP) is 4.57. The highest BCUT2D eigenvalue weighted by molar-refractivity contribution is 6.03. The molecule has 5 heteroatoms. The molecule has 0 aliphatic carbocycles. The quantitative estimate of drug-likeness (QED) is 0.431. The van der Waals surface area contributed by atoms with Gasteiger partial charge in [-0.2, -0.15) is 0 Å². The molecule has 30 heavy (non-hydrogen) atoms. The molecule has 5 nitrogen and oxygen atoms in total. The molecule has 0 N–H and O–H groups in total. The van der Waals surface area contributed by atoms with Crippen LogP contribution >= 0.6 is 0 Å². The highest BCUT2D eigenvalue weighted by atomic mass is 16.2. The number of carbonyl (C=O) groups is 1. The minimum Gasteiger partial charge on any atom is -0.304 e. The van der Waals surface area contributed by atoms with E-state index in [-0.39, 0.29) is 5.91 Å². The van der Waals surface area contributed by atoms with E-state index in [1.54, 1.807) is 21.7 Å². The van der Waals surface area contributed by atoms with Crippen LogP contribution in [-0.2, 0) is 17.9 Å². The summed E-state index contributed by atoms with van der Waals surface area (Å²) < 4.78 is 1.76. The van der Waals surface area contributed by atoms with Crippen molar-refractivity contribution in [1.82, 2.24) is 15.0 Å². The summed E-state index contributed by atoms with van der Waals surface area (Å²) in [7, 11) is 0. The third kappa shape index (κ3) is 5.08. The topological polar surface area (TPSA) is 51.0 Å². The van der Waals surface area contributed by atoms with E-state index < -0.39 is 0 Å². The second-order valence-electron chi connectivity index (χ2n) is 6.91. The van der Waals surface area contributed by atoms with Gasteiger partial charge in [-0.25, -0.2) is 4.68 Å². The second-order valence-corrected chi connectivity index (χ2v) is 6.91. The maximum atomic E-state index is 13.0. The van der Waals surface area contributed by atoms with E-state index in [4.69, 9.17) is 0 Å². The molecule has 0 saturated carbocycles. The third-order valence-electron chi connectivity index (χ3n) is 4.66. The maximum absolute atomic E-state index is 13.0. The van der Waals surface area contributed by atoms with E-state index >= 15 is 0 Å². The first kappa shape index (κ1) is 19.3. The summed E-state index contributed by atoms with van der Waals surface area (Å²) >= 11 is 0. The first-order valence-corrected chi connectivity index (χ1v) is 9.80. The Morgan fingerprint density at radius 1 is 0.833 bits per heavy atom. The van der Waals surface area contributed by atoms with Crippen molar-refractivity contribution in [3.63, 3.8) is 0 Å². The first-order valence-electron chi connectivity index (χ1n) is 9.80. The fourth-order valence-electron chi connectivity index (χ4n) is 3.15. The van der Waals surface area contributed by atoms with Crippen LogP contribution in [0.3, 0.4) is 0 Å². The van der Waals surface area contributed by atoms with Gasteiger partial charge in [-0.15, -0.1) is 5.10 Å². The summed E-state index contributed by atoms with van der Waals surface area (Å²) in [6.07, 6.45) is 5.09. The van der Waals surface area contributed by atoms with Gasteiger partial charge < -0.3 is 4.90 Å². The minimum atomic E-state index is -0.109. The number of benzene rings is 3. The Hall–Kier alpha value is -3.99. The maximum Gasteiger partial charge on any atom is 0.251 e. The largest absolute Gasteiger partial charge is 0.304 e. The number of para-hydroxylation sites is 1. The number of carbonyl (C=O) groups excluding carboxylic acids is 1. The molecule has 4 aromatic rings. The average molecular weight is 394 g/mol. The molecule has 0 unspecified atom stereocenters. The fourth-order valence-corrected chi connectivity index (χ4v) is 3.15. The number of hydrogen-bond donors (Lipinski definition) is 0. The van der Waals surface area contributed by atoms with Crippen molar-refractivity contribution < 1.29 is 4.79 Å². The summed E-state index contributed by atoms with van der Waals surface area (Å²) in [5.41, 5.74) is 3.71.